The Morgan fingerprint density at radius 3 is 2.42 bits per heavy atom. The number of nitrogens with one attached hydrogen (secondary N) is 1. The number of amides is 1. The molecule has 0 aliphatic rings. The van der Waals surface area contributed by atoms with Gasteiger partial charge in [-0.2, -0.15) is 5.10 Å². The summed E-state index contributed by atoms with van der Waals surface area (Å²) in [7, 11) is 1.44. The molecule has 0 radical (unpaired) electrons. The molecule has 0 unspecified atom stereocenters. The van der Waals surface area contributed by atoms with Gasteiger partial charge in [0.15, 0.2) is 11.5 Å². The van der Waals surface area contributed by atoms with Gasteiger partial charge in [-0.05, 0) is 73.2 Å². The van der Waals surface area contributed by atoms with E-state index in [1.54, 1.807) is 48.5 Å². The standard InChI is InChI=1S/C24H20Cl2N2O5/c1-3-32-18-8-5-16(6-9-18)23(29)28-27-14-15-4-11-21(22(12-15)31-2)33-24(30)19-10-7-17(25)13-20(19)26/h4-14H,3H2,1-2H3,(H,28,29)/b27-14+. The first-order valence-corrected chi connectivity index (χ1v) is 10.6. The Morgan fingerprint density at radius 2 is 1.76 bits per heavy atom. The maximum Gasteiger partial charge on any atom is 0.345 e. The first kappa shape index (κ1) is 24.1. The largest absolute Gasteiger partial charge is 0.494 e. The molecule has 9 heteroatoms. The average Bonchev–Trinajstić information content (AvgIpc) is 2.80. The van der Waals surface area contributed by atoms with Crippen molar-refractivity contribution >= 4 is 41.3 Å². The van der Waals surface area contributed by atoms with E-state index < -0.39 is 5.97 Å². The second kappa shape index (κ2) is 11.4. The van der Waals surface area contributed by atoms with Crippen molar-refractivity contribution in [2.75, 3.05) is 13.7 Å². The van der Waals surface area contributed by atoms with Crippen molar-refractivity contribution in [3.8, 4) is 17.2 Å². The van der Waals surface area contributed by atoms with Crippen LogP contribution < -0.4 is 19.6 Å². The molecule has 0 spiro atoms. The molecule has 3 aromatic rings. The van der Waals surface area contributed by atoms with Crippen LogP contribution in [-0.4, -0.2) is 31.8 Å². The lowest BCUT2D eigenvalue weighted by Gasteiger charge is -2.10. The Hall–Kier alpha value is -3.55. The van der Waals surface area contributed by atoms with Crippen LogP contribution in [0.3, 0.4) is 0 Å². The minimum absolute atomic E-state index is 0.172. The van der Waals surface area contributed by atoms with Crippen molar-refractivity contribution in [1.29, 1.82) is 0 Å². The quantitative estimate of drug-likeness (QED) is 0.200. The topological polar surface area (TPSA) is 86.2 Å². The number of hydrogen-bond acceptors (Lipinski definition) is 6. The number of carbonyl (C=O) groups excluding carboxylic acids is 2. The van der Waals surface area contributed by atoms with Crippen molar-refractivity contribution in [2.24, 2.45) is 5.10 Å². The van der Waals surface area contributed by atoms with Crippen molar-refractivity contribution < 1.29 is 23.8 Å². The Morgan fingerprint density at radius 1 is 1.00 bits per heavy atom. The summed E-state index contributed by atoms with van der Waals surface area (Å²) >= 11 is 11.9. The summed E-state index contributed by atoms with van der Waals surface area (Å²) in [4.78, 5) is 24.7. The van der Waals surface area contributed by atoms with Gasteiger partial charge in [-0.3, -0.25) is 4.79 Å². The molecule has 0 fully saturated rings. The number of benzene rings is 3. The third-order valence-electron chi connectivity index (χ3n) is 4.35. The highest BCUT2D eigenvalue weighted by molar-refractivity contribution is 6.36. The van der Waals surface area contributed by atoms with Gasteiger partial charge in [0.05, 0.1) is 30.5 Å². The lowest BCUT2D eigenvalue weighted by molar-refractivity contribution is 0.0729. The van der Waals surface area contributed by atoms with E-state index in [1.807, 2.05) is 6.92 Å². The zero-order chi connectivity index (χ0) is 23.8. The van der Waals surface area contributed by atoms with Gasteiger partial charge in [0, 0.05) is 10.6 Å². The van der Waals surface area contributed by atoms with E-state index >= 15 is 0 Å². The predicted molar refractivity (Wildman–Crippen MR) is 127 cm³/mol. The number of rotatable bonds is 8. The lowest BCUT2D eigenvalue weighted by atomic mass is 10.2. The molecule has 33 heavy (non-hydrogen) atoms. The van der Waals surface area contributed by atoms with Crippen molar-refractivity contribution in [1.82, 2.24) is 5.43 Å². The van der Waals surface area contributed by atoms with Crippen molar-refractivity contribution in [2.45, 2.75) is 6.92 Å². The number of ether oxygens (including phenoxy) is 3. The zero-order valence-electron chi connectivity index (χ0n) is 17.8. The van der Waals surface area contributed by atoms with Crippen molar-refractivity contribution in [3.05, 3.63) is 87.4 Å². The summed E-state index contributed by atoms with van der Waals surface area (Å²) in [6.45, 7) is 2.43. The first-order chi connectivity index (χ1) is 15.9. The first-order valence-electron chi connectivity index (χ1n) is 9.82. The molecule has 0 heterocycles. The molecule has 1 amide bonds. The molecular weight excluding hydrogens is 467 g/mol. The van der Waals surface area contributed by atoms with Gasteiger partial charge in [0.2, 0.25) is 0 Å². The summed E-state index contributed by atoms with van der Waals surface area (Å²) < 4.78 is 16.1. The molecule has 3 rings (SSSR count). The summed E-state index contributed by atoms with van der Waals surface area (Å²) in [5.41, 5.74) is 3.68. The van der Waals surface area contributed by atoms with Gasteiger partial charge in [0.25, 0.3) is 5.91 Å². The van der Waals surface area contributed by atoms with E-state index in [1.165, 1.54) is 25.5 Å². The van der Waals surface area contributed by atoms with Crippen LogP contribution in [0, 0.1) is 0 Å². The number of hydrogen-bond donors (Lipinski definition) is 1. The molecule has 1 N–H and O–H groups in total. The second-order valence-electron chi connectivity index (χ2n) is 6.58. The van der Waals surface area contributed by atoms with E-state index in [0.29, 0.717) is 34.3 Å². The number of methoxy groups -OCH3 is 1. The van der Waals surface area contributed by atoms with Gasteiger partial charge in [-0.25, -0.2) is 10.2 Å². The molecule has 0 bridgehead atoms. The van der Waals surface area contributed by atoms with E-state index in [2.05, 4.69) is 10.5 Å². The number of hydrazone groups is 1. The van der Waals surface area contributed by atoms with E-state index in [4.69, 9.17) is 37.4 Å². The van der Waals surface area contributed by atoms with Gasteiger partial charge in [-0.15, -0.1) is 0 Å². The van der Waals surface area contributed by atoms with Crippen LogP contribution in [0.5, 0.6) is 17.2 Å². The monoisotopic (exact) mass is 486 g/mol. The lowest BCUT2D eigenvalue weighted by Crippen LogP contribution is -2.17. The SMILES string of the molecule is CCOc1ccc(C(=O)N/N=C/c2ccc(OC(=O)c3ccc(Cl)cc3Cl)c(OC)c2)cc1. The van der Waals surface area contributed by atoms with Crippen LogP contribution >= 0.6 is 23.2 Å². The summed E-state index contributed by atoms with van der Waals surface area (Å²) in [5.74, 6) is 0.161. The van der Waals surface area contributed by atoms with Crippen LogP contribution in [0.2, 0.25) is 10.0 Å². The van der Waals surface area contributed by atoms with Gasteiger partial charge < -0.3 is 14.2 Å². The Kier molecular flexibility index (Phi) is 8.29. The smallest absolute Gasteiger partial charge is 0.345 e. The van der Waals surface area contributed by atoms with Crippen LogP contribution in [-0.2, 0) is 0 Å². The fourth-order valence-corrected chi connectivity index (χ4v) is 3.24. The molecule has 0 aromatic heterocycles. The maximum absolute atomic E-state index is 12.5. The highest BCUT2D eigenvalue weighted by atomic mass is 35.5. The second-order valence-corrected chi connectivity index (χ2v) is 7.42. The third kappa shape index (κ3) is 6.47. The minimum atomic E-state index is -0.654. The highest BCUT2D eigenvalue weighted by Crippen LogP contribution is 2.30. The molecule has 3 aromatic carbocycles. The third-order valence-corrected chi connectivity index (χ3v) is 4.90. The minimum Gasteiger partial charge on any atom is -0.494 e. The van der Waals surface area contributed by atoms with E-state index in [9.17, 15) is 9.59 Å². The molecule has 0 aliphatic carbocycles. The van der Waals surface area contributed by atoms with Crippen LogP contribution in [0.15, 0.2) is 65.8 Å². The maximum atomic E-state index is 12.5. The zero-order valence-corrected chi connectivity index (χ0v) is 19.3. The Bertz CT molecular complexity index is 1180. The van der Waals surface area contributed by atoms with Crippen LogP contribution in [0.1, 0.15) is 33.2 Å². The molecule has 0 aliphatic heterocycles. The molecule has 0 saturated heterocycles. The fraction of sp³-hybridized carbons (Fsp3) is 0.125. The fourth-order valence-electron chi connectivity index (χ4n) is 2.76. The normalized spacial score (nSPS) is 10.7. The highest BCUT2D eigenvalue weighted by Gasteiger charge is 2.16. The van der Waals surface area contributed by atoms with Gasteiger partial charge in [-0.1, -0.05) is 23.2 Å². The molecule has 170 valence electrons. The van der Waals surface area contributed by atoms with Crippen LogP contribution in [0.25, 0.3) is 0 Å². The average molecular weight is 487 g/mol. The van der Waals surface area contributed by atoms with Crippen molar-refractivity contribution in [3.63, 3.8) is 0 Å². The van der Waals surface area contributed by atoms with Crippen LogP contribution in [0.4, 0.5) is 0 Å². The molecule has 0 saturated carbocycles. The van der Waals surface area contributed by atoms with Gasteiger partial charge >= 0.3 is 5.97 Å². The number of nitrogens with zero attached hydrogens (tertiary/aromatic N) is 1. The van der Waals surface area contributed by atoms with E-state index in [-0.39, 0.29) is 22.2 Å². The van der Waals surface area contributed by atoms with E-state index in [0.717, 1.165) is 0 Å². The summed E-state index contributed by atoms with van der Waals surface area (Å²) in [6, 6.07) is 16.0. The number of esters is 1. The number of halogens is 2. The van der Waals surface area contributed by atoms with Gasteiger partial charge in [0.1, 0.15) is 5.75 Å². The summed E-state index contributed by atoms with van der Waals surface area (Å²) in [6.07, 6.45) is 1.44. The number of carbonyl (C=O) groups is 2. The molecular formula is C24H20Cl2N2O5. The predicted octanol–water partition coefficient (Wildman–Crippen LogP) is 5.38. The Labute approximate surface area is 200 Å². The molecule has 7 nitrogen and oxygen atoms in total. The summed E-state index contributed by atoms with van der Waals surface area (Å²) in [5, 5.41) is 4.55. The Balaban J connectivity index is 1.65. The molecule has 0 atom stereocenters.